The van der Waals surface area contributed by atoms with Crippen molar-refractivity contribution in [3.05, 3.63) is 81.0 Å². The molecule has 0 aliphatic rings. The zero-order valence-electron chi connectivity index (χ0n) is 18.2. The Kier molecular flexibility index (Phi) is 6.62. The number of hydrogen-bond donors (Lipinski definition) is 1. The third-order valence-corrected chi connectivity index (χ3v) is 6.95. The number of nitrogens with zero attached hydrogens (tertiary/aromatic N) is 2. The van der Waals surface area contributed by atoms with Gasteiger partial charge in [-0.2, -0.15) is 0 Å². The predicted octanol–water partition coefficient (Wildman–Crippen LogP) is 4.58. The standard InChI is InChI=1S/C24H21N3O4S2/c1-14-4-9-18(12-15(14)2)27-22(29)21-19(10-11-32-21)26-24(27)33-13-20(28)25-17-7-5-16(6-8-17)23(30)31-3/h4-12H,13H2,1-3H3,(H,25,28). The molecule has 33 heavy (non-hydrogen) atoms. The second-order valence-electron chi connectivity index (χ2n) is 7.34. The minimum absolute atomic E-state index is 0.0612. The van der Waals surface area contributed by atoms with E-state index in [-0.39, 0.29) is 17.2 Å². The largest absolute Gasteiger partial charge is 0.465 e. The van der Waals surface area contributed by atoms with Gasteiger partial charge < -0.3 is 10.1 Å². The topological polar surface area (TPSA) is 90.3 Å². The Labute approximate surface area is 198 Å². The van der Waals surface area contributed by atoms with Gasteiger partial charge >= 0.3 is 5.97 Å². The summed E-state index contributed by atoms with van der Waals surface area (Å²) in [6.45, 7) is 4.01. The van der Waals surface area contributed by atoms with Crippen molar-refractivity contribution in [2.45, 2.75) is 19.0 Å². The number of aromatic nitrogens is 2. The van der Waals surface area contributed by atoms with E-state index in [0.717, 1.165) is 11.1 Å². The molecule has 2 aromatic heterocycles. The van der Waals surface area contributed by atoms with E-state index in [4.69, 9.17) is 0 Å². The van der Waals surface area contributed by atoms with Crippen LogP contribution in [0.1, 0.15) is 21.5 Å². The fourth-order valence-electron chi connectivity index (χ4n) is 3.22. The number of hydrogen-bond acceptors (Lipinski definition) is 7. The van der Waals surface area contributed by atoms with Gasteiger partial charge in [-0.15, -0.1) is 11.3 Å². The lowest BCUT2D eigenvalue weighted by Crippen LogP contribution is -2.22. The maximum absolute atomic E-state index is 13.2. The molecule has 2 aromatic carbocycles. The molecule has 0 saturated heterocycles. The number of methoxy groups -OCH3 is 1. The molecule has 1 amide bonds. The number of fused-ring (bicyclic) bond motifs is 1. The van der Waals surface area contributed by atoms with E-state index < -0.39 is 5.97 Å². The summed E-state index contributed by atoms with van der Waals surface area (Å²) in [5.74, 6) is -0.633. The van der Waals surface area contributed by atoms with Gasteiger partial charge in [-0.25, -0.2) is 9.78 Å². The van der Waals surface area contributed by atoms with Gasteiger partial charge in [0.2, 0.25) is 5.91 Å². The van der Waals surface area contributed by atoms with Crippen molar-refractivity contribution in [1.29, 1.82) is 0 Å². The van der Waals surface area contributed by atoms with Gasteiger partial charge in [0.25, 0.3) is 5.56 Å². The first-order chi connectivity index (χ1) is 15.9. The number of ether oxygens (including phenoxy) is 1. The molecule has 4 aromatic rings. The number of carbonyl (C=O) groups excluding carboxylic acids is 2. The zero-order valence-corrected chi connectivity index (χ0v) is 19.9. The summed E-state index contributed by atoms with van der Waals surface area (Å²) in [5.41, 5.74) is 4.33. The molecule has 0 atom stereocenters. The molecule has 0 radical (unpaired) electrons. The van der Waals surface area contributed by atoms with Crippen LogP contribution in [-0.4, -0.2) is 34.3 Å². The van der Waals surface area contributed by atoms with E-state index in [2.05, 4.69) is 15.0 Å². The summed E-state index contributed by atoms with van der Waals surface area (Å²) in [6, 6.07) is 14.0. The average molecular weight is 480 g/mol. The monoisotopic (exact) mass is 479 g/mol. The lowest BCUT2D eigenvalue weighted by Gasteiger charge is -2.13. The number of anilines is 1. The zero-order chi connectivity index (χ0) is 23.5. The number of aryl methyl sites for hydroxylation is 2. The lowest BCUT2D eigenvalue weighted by molar-refractivity contribution is -0.113. The van der Waals surface area contributed by atoms with Crippen LogP contribution in [-0.2, 0) is 9.53 Å². The molecule has 1 N–H and O–H groups in total. The van der Waals surface area contributed by atoms with Crippen molar-refractivity contribution < 1.29 is 14.3 Å². The summed E-state index contributed by atoms with van der Waals surface area (Å²) in [6.07, 6.45) is 0. The summed E-state index contributed by atoms with van der Waals surface area (Å²) in [4.78, 5) is 42.0. The predicted molar refractivity (Wildman–Crippen MR) is 132 cm³/mol. The highest BCUT2D eigenvalue weighted by molar-refractivity contribution is 7.99. The Bertz CT molecular complexity index is 1410. The molecule has 2 heterocycles. The first-order valence-electron chi connectivity index (χ1n) is 10.1. The maximum atomic E-state index is 13.2. The SMILES string of the molecule is COC(=O)c1ccc(NC(=O)CSc2nc3ccsc3c(=O)n2-c2ccc(C)c(C)c2)cc1. The van der Waals surface area contributed by atoms with Crippen LogP contribution in [0.5, 0.6) is 0 Å². The van der Waals surface area contributed by atoms with E-state index in [1.807, 2.05) is 37.4 Å². The molecule has 4 rings (SSSR count). The highest BCUT2D eigenvalue weighted by Crippen LogP contribution is 2.25. The summed E-state index contributed by atoms with van der Waals surface area (Å²) < 4.78 is 6.82. The second kappa shape index (κ2) is 9.60. The van der Waals surface area contributed by atoms with Gasteiger partial charge in [-0.05, 0) is 72.8 Å². The van der Waals surface area contributed by atoms with Crippen LogP contribution in [0.4, 0.5) is 5.69 Å². The normalized spacial score (nSPS) is 10.9. The molecule has 0 fully saturated rings. The minimum Gasteiger partial charge on any atom is -0.465 e. The maximum Gasteiger partial charge on any atom is 0.337 e. The van der Waals surface area contributed by atoms with Gasteiger partial charge in [0.15, 0.2) is 5.16 Å². The van der Waals surface area contributed by atoms with E-state index in [1.54, 1.807) is 34.9 Å². The Balaban J connectivity index is 1.58. The first-order valence-corrected chi connectivity index (χ1v) is 11.9. The Morgan fingerprint density at radius 3 is 2.55 bits per heavy atom. The van der Waals surface area contributed by atoms with Gasteiger partial charge in [0.05, 0.1) is 29.6 Å². The number of rotatable bonds is 6. The molecule has 0 aliphatic heterocycles. The first kappa shape index (κ1) is 22.8. The molecule has 0 aliphatic carbocycles. The average Bonchev–Trinajstić information content (AvgIpc) is 3.29. The number of amides is 1. The van der Waals surface area contributed by atoms with E-state index in [9.17, 15) is 14.4 Å². The van der Waals surface area contributed by atoms with E-state index in [0.29, 0.717) is 32.3 Å². The molecule has 7 nitrogen and oxygen atoms in total. The summed E-state index contributed by atoms with van der Waals surface area (Å²) in [5, 5.41) is 5.08. The van der Waals surface area contributed by atoms with Crippen LogP contribution < -0.4 is 10.9 Å². The third kappa shape index (κ3) is 4.84. The van der Waals surface area contributed by atoms with Crippen LogP contribution in [0.25, 0.3) is 15.9 Å². The smallest absolute Gasteiger partial charge is 0.337 e. The summed E-state index contributed by atoms with van der Waals surface area (Å²) >= 11 is 2.55. The van der Waals surface area contributed by atoms with Crippen LogP contribution in [0, 0.1) is 13.8 Å². The fraction of sp³-hybridized carbons (Fsp3) is 0.167. The number of thioether (sulfide) groups is 1. The number of nitrogens with one attached hydrogen (secondary N) is 1. The van der Waals surface area contributed by atoms with Crippen LogP contribution in [0.15, 0.2) is 63.9 Å². The van der Waals surface area contributed by atoms with Crippen molar-refractivity contribution >= 4 is 50.9 Å². The van der Waals surface area contributed by atoms with E-state index in [1.165, 1.54) is 30.2 Å². The van der Waals surface area contributed by atoms with Gasteiger partial charge in [0, 0.05) is 5.69 Å². The van der Waals surface area contributed by atoms with Crippen LogP contribution >= 0.6 is 23.1 Å². The lowest BCUT2D eigenvalue weighted by atomic mass is 10.1. The molecule has 9 heteroatoms. The molecular formula is C24H21N3O4S2. The van der Waals surface area contributed by atoms with Crippen molar-refractivity contribution in [1.82, 2.24) is 9.55 Å². The molecule has 0 spiro atoms. The number of carbonyl (C=O) groups is 2. The number of thiophene rings is 1. The fourth-order valence-corrected chi connectivity index (χ4v) is 4.79. The quantitative estimate of drug-likeness (QED) is 0.247. The Hall–Kier alpha value is -3.43. The molecule has 0 unspecified atom stereocenters. The van der Waals surface area contributed by atoms with Crippen molar-refractivity contribution in [2.24, 2.45) is 0 Å². The third-order valence-electron chi connectivity index (χ3n) is 5.12. The number of esters is 1. The molecule has 168 valence electrons. The highest BCUT2D eigenvalue weighted by atomic mass is 32.2. The molecule has 0 bridgehead atoms. The summed E-state index contributed by atoms with van der Waals surface area (Å²) in [7, 11) is 1.31. The highest BCUT2D eigenvalue weighted by Gasteiger charge is 2.16. The van der Waals surface area contributed by atoms with Crippen molar-refractivity contribution in [3.63, 3.8) is 0 Å². The molecular weight excluding hydrogens is 458 g/mol. The van der Waals surface area contributed by atoms with Gasteiger partial charge in [0.1, 0.15) is 4.70 Å². The molecule has 0 saturated carbocycles. The van der Waals surface area contributed by atoms with Crippen LogP contribution in [0.2, 0.25) is 0 Å². The van der Waals surface area contributed by atoms with Gasteiger partial charge in [-0.1, -0.05) is 17.8 Å². The second-order valence-corrected chi connectivity index (χ2v) is 9.20. The number of benzene rings is 2. The van der Waals surface area contributed by atoms with E-state index >= 15 is 0 Å². The Morgan fingerprint density at radius 2 is 1.85 bits per heavy atom. The minimum atomic E-state index is -0.442. The van der Waals surface area contributed by atoms with Crippen molar-refractivity contribution in [3.8, 4) is 5.69 Å². The van der Waals surface area contributed by atoms with Gasteiger partial charge in [-0.3, -0.25) is 14.2 Å². The Morgan fingerprint density at radius 1 is 1.09 bits per heavy atom. The van der Waals surface area contributed by atoms with Crippen molar-refractivity contribution in [2.75, 3.05) is 18.2 Å². The van der Waals surface area contributed by atoms with Crippen LogP contribution in [0.3, 0.4) is 0 Å².